The van der Waals surface area contributed by atoms with E-state index in [1.165, 1.54) is 45.4 Å². The molecule has 32 nitrogen and oxygen atoms in total. The summed E-state index contributed by atoms with van der Waals surface area (Å²) in [6.45, 7) is 11.0. The lowest BCUT2D eigenvalue weighted by Gasteiger charge is -2.29. The second-order valence-corrected chi connectivity index (χ2v) is 24.2. The number of rotatable bonds is 53. The Morgan fingerprint density at radius 2 is 0.652 bits per heavy atom. The van der Waals surface area contributed by atoms with Gasteiger partial charge in [-0.05, 0) is 115 Å². The van der Waals surface area contributed by atoms with Crippen LogP contribution in [0.4, 0.5) is 0 Å². The van der Waals surface area contributed by atoms with Crippen LogP contribution in [0, 0.1) is 11.8 Å². The van der Waals surface area contributed by atoms with Crippen molar-refractivity contribution in [3.63, 3.8) is 0 Å². The van der Waals surface area contributed by atoms with Crippen molar-refractivity contribution in [3.05, 3.63) is 0 Å². The Labute approximate surface area is 543 Å². The van der Waals surface area contributed by atoms with Crippen molar-refractivity contribution in [1.82, 2.24) is 42.5 Å². The minimum absolute atomic E-state index is 0.00938. The normalized spacial score (nSPS) is 14.0. The van der Waals surface area contributed by atoms with E-state index in [1.807, 2.05) is 0 Å². The van der Waals surface area contributed by atoms with E-state index in [0.29, 0.717) is 25.7 Å². The van der Waals surface area contributed by atoms with Crippen LogP contribution in [-0.4, -0.2) is 174 Å². The molecule has 0 rings (SSSR count). The molecule has 0 saturated carbocycles. The standard InChI is InChI=1S/C60H117N21O11/c1-7-8-9-10-11-12-13-14-15-16-17-29-47(83)74-40(25-20-31-70-57(62)63)49(84)75-41(24-18-19-30-61)50(85)77-44(28-23-34-73-60(68)69)53(88)81-48(39(6)82)55(90)79-45(35-37(2)3)54(89)78-42(26-21-32-71-58(64)65)51(86)76-43(27-22-33-72-59(66)67)52(87)80-46(56(91)92)36-38(4)5/h37-46,48,82H,7-36,61H2,1-6H3,(H,74,83)(H,75,84)(H,76,86)(H,77,85)(H,78,89)(H,79,90)(H,80,87)(H,81,88)(H,91,92)(H4,62,63,70)(H4,64,65,71)(H4,66,67,72)(H4,68,69,73). The fraction of sp³-hybridized carbons (Fsp3) is 0.783. The Morgan fingerprint density at radius 3 is 0.978 bits per heavy atom. The van der Waals surface area contributed by atoms with Gasteiger partial charge in [0.1, 0.15) is 48.3 Å². The summed E-state index contributed by atoms with van der Waals surface area (Å²) in [5.41, 5.74) is 50.1. The first kappa shape index (κ1) is 84.2. The molecule has 0 aliphatic carbocycles. The molecule has 28 N–H and O–H groups in total. The van der Waals surface area contributed by atoms with E-state index in [-0.39, 0.29) is 145 Å². The zero-order valence-electron chi connectivity index (χ0n) is 55.6. The van der Waals surface area contributed by atoms with Crippen LogP contribution in [0.2, 0.25) is 0 Å². The number of nitrogens with zero attached hydrogens (tertiary/aromatic N) is 4. The zero-order valence-corrected chi connectivity index (χ0v) is 55.6. The number of nitrogens with one attached hydrogen (secondary N) is 8. The van der Waals surface area contributed by atoms with E-state index in [0.717, 1.165) is 25.7 Å². The number of unbranched alkanes of at least 4 members (excludes halogenated alkanes) is 11. The van der Waals surface area contributed by atoms with Crippen LogP contribution < -0.4 is 94.1 Å². The van der Waals surface area contributed by atoms with E-state index >= 15 is 0 Å². The number of nitrogens with two attached hydrogens (primary N) is 9. The van der Waals surface area contributed by atoms with Gasteiger partial charge in [0.2, 0.25) is 47.3 Å². The first-order valence-corrected chi connectivity index (χ1v) is 32.8. The van der Waals surface area contributed by atoms with E-state index in [1.54, 1.807) is 27.7 Å². The zero-order chi connectivity index (χ0) is 69.6. The minimum atomic E-state index is -1.77. The van der Waals surface area contributed by atoms with Gasteiger partial charge in [-0.15, -0.1) is 0 Å². The van der Waals surface area contributed by atoms with Crippen molar-refractivity contribution in [3.8, 4) is 0 Å². The summed E-state index contributed by atoms with van der Waals surface area (Å²) in [5, 5.41) is 42.2. The van der Waals surface area contributed by atoms with Gasteiger partial charge in [-0.25, -0.2) is 4.79 Å². The number of carbonyl (C=O) groups excluding carboxylic acids is 8. The SMILES string of the molecule is CCCCCCCCCCCCCC(=O)NC(CCCN=C(N)N)C(=O)NC(CCCCN)C(=O)NC(CCCN=C(N)N)C(=O)NC(C(=O)NC(CC(C)C)C(=O)NC(CCCN=C(N)N)C(=O)NC(CCCN=C(N)N)C(=O)NC(CC(C)C)C(=O)O)C(C)O. The molecule has 0 aromatic carbocycles. The fourth-order valence-electron chi connectivity index (χ4n) is 9.75. The van der Waals surface area contributed by atoms with Crippen LogP contribution in [0.25, 0.3) is 0 Å². The average Bonchev–Trinajstić information content (AvgIpc) is 1.22. The van der Waals surface area contributed by atoms with Crippen molar-refractivity contribution in [2.24, 2.45) is 83.4 Å². The Hall–Kier alpha value is -7.77. The molecule has 0 aromatic rings. The largest absolute Gasteiger partial charge is 0.480 e. The monoisotopic (exact) mass is 1310 g/mol. The van der Waals surface area contributed by atoms with E-state index in [4.69, 9.17) is 51.6 Å². The molecule has 0 saturated heterocycles. The molecule has 0 aliphatic rings. The summed E-state index contributed by atoms with van der Waals surface area (Å²) in [4.78, 5) is 141. The molecule has 92 heavy (non-hydrogen) atoms. The van der Waals surface area contributed by atoms with Gasteiger partial charge in [0.05, 0.1) is 6.10 Å². The number of carbonyl (C=O) groups is 9. The number of guanidine groups is 4. The third-order valence-corrected chi connectivity index (χ3v) is 14.6. The topological polar surface area (TPSA) is 574 Å². The molecule has 0 bridgehead atoms. The van der Waals surface area contributed by atoms with Crippen molar-refractivity contribution in [2.45, 2.75) is 257 Å². The van der Waals surface area contributed by atoms with Gasteiger partial charge >= 0.3 is 5.97 Å². The number of aliphatic hydroxyl groups excluding tert-OH is 1. The van der Waals surface area contributed by atoms with Crippen LogP contribution in [-0.2, 0) is 43.2 Å². The first-order valence-electron chi connectivity index (χ1n) is 32.8. The van der Waals surface area contributed by atoms with Gasteiger partial charge < -0.3 is 104 Å². The number of carboxylic acid groups (broad SMARTS) is 1. The second-order valence-electron chi connectivity index (χ2n) is 24.2. The van der Waals surface area contributed by atoms with Crippen LogP contribution in [0.3, 0.4) is 0 Å². The van der Waals surface area contributed by atoms with Crippen LogP contribution in [0.1, 0.15) is 202 Å². The first-order chi connectivity index (χ1) is 43.5. The highest BCUT2D eigenvalue weighted by Crippen LogP contribution is 2.15. The van der Waals surface area contributed by atoms with Crippen LogP contribution >= 0.6 is 0 Å². The molecular formula is C60H117N21O11. The number of hydrogen-bond acceptors (Lipinski definition) is 15. The molecule has 0 spiro atoms. The molecule has 9 atom stereocenters. The summed E-state index contributed by atoms with van der Waals surface area (Å²) in [5.74, 6) is -8.96. The molecular weight excluding hydrogens is 1190 g/mol. The highest BCUT2D eigenvalue weighted by molar-refractivity contribution is 5.98. The average molecular weight is 1310 g/mol. The summed E-state index contributed by atoms with van der Waals surface area (Å²) >= 11 is 0. The van der Waals surface area contributed by atoms with Crippen LogP contribution in [0.5, 0.6) is 0 Å². The highest BCUT2D eigenvalue weighted by Gasteiger charge is 2.36. The summed E-state index contributed by atoms with van der Waals surface area (Å²) in [6.07, 6.45) is 12.0. The summed E-state index contributed by atoms with van der Waals surface area (Å²) < 4.78 is 0. The Morgan fingerprint density at radius 1 is 0.359 bits per heavy atom. The van der Waals surface area contributed by atoms with Gasteiger partial charge in [-0.2, -0.15) is 0 Å². The number of aliphatic hydroxyl groups is 1. The molecule has 0 heterocycles. The van der Waals surface area contributed by atoms with Gasteiger partial charge in [-0.1, -0.05) is 98.8 Å². The molecule has 0 radical (unpaired) electrons. The predicted octanol–water partition coefficient (Wildman–Crippen LogP) is -1.53. The Kier molecular flexibility index (Phi) is 45.7. The van der Waals surface area contributed by atoms with Crippen molar-refractivity contribution in [1.29, 1.82) is 0 Å². The molecule has 528 valence electrons. The third-order valence-electron chi connectivity index (χ3n) is 14.6. The second kappa shape index (κ2) is 49.9. The summed E-state index contributed by atoms with van der Waals surface area (Å²) in [7, 11) is 0. The molecule has 9 unspecified atom stereocenters. The molecule has 0 fully saturated rings. The Balaban J connectivity index is 6.93. The molecule has 8 amide bonds. The van der Waals surface area contributed by atoms with Crippen molar-refractivity contribution in [2.75, 3.05) is 32.7 Å². The third kappa shape index (κ3) is 41.6. The number of carboxylic acids is 1. The van der Waals surface area contributed by atoms with Crippen molar-refractivity contribution < 1.29 is 53.4 Å². The molecule has 0 aliphatic heterocycles. The number of hydrogen-bond donors (Lipinski definition) is 19. The van der Waals surface area contributed by atoms with Crippen molar-refractivity contribution >= 4 is 77.1 Å². The maximum Gasteiger partial charge on any atom is 0.326 e. The lowest BCUT2D eigenvalue weighted by Crippen LogP contribution is -2.62. The van der Waals surface area contributed by atoms with Crippen LogP contribution in [0.15, 0.2) is 20.0 Å². The number of aliphatic carboxylic acids is 1. The smallest absolute Gasteiger partial charge is 0.326 e. The van der Waals surface area contributed by atoms with Gasteiger partial charge in [0, 0.05) is 32.6 Å². The quantitative estimate of drug-likeness (QED) is 0.0187. The maximum absolute atomic E-state index is 14.4. The minimum Gasteiger partial charge on any atom is -0.480 e. The number of aliphatic imine (C=N–C) groups is 4. The summed E-state index contributed by atoms with van der Waals surface area (Å²) in [6, 6.07) is -11.1. The van der Waals surface area contributed by atoms with E-state index in [9.17, 15) is 53.4 Å². The van der Waals surface area contributed by atoms with Gasteiger partial charge in [0.25, 0.3) is 0 Å². The molecule has 0 aromatic heterocycles. The lowest BCUT2D eigenvalue weighted by atomic mass is 10.0. The van der Waals surface area contributed by atoms with Gasteiger partial charge in [0.15, 0.2) is 23.8 Å². The van der Waals surface area contributed by atoms with Gasteiger partial charge in [-0.3, -0.25) is 58.3 Å². The van der Waals surface area contributed by atoms with E-state index < -0.39 is 102 Å². The highest BCUT2D eigenvalue weighted by atomic mass is 16.4. The Bertz CT molecular complexity index is 2320. The number of amides is 8. The predicted molar refractivity (Wildman–Crippen MR) is 357 cm³/mol. The fourth-order valence-corrected chi connectivity index (χ4v) is 9.75. The maximum atomic E-state index is 14.4. The molecule has 32 heteroatoms. The lowest BCUT2D eigenvalue weighted by molar-refractivity contribution is -0.143. The van der Waals surface area contributed by atoms with E-state index in [2.05, 4.69) is 69.4 Å².